The second-order valence-corrected chi connectivity index (χ2v) is 6.18. The van der Waals surface area contributed by atoms with Gasteiger partial charge in [0.1, 0.15) is 0 Å². The topological polar surface area (TPSA) is 3.24 Å². The molecule has 2 unspecified atom stereocenters. The van der Waals surface area contributed by atoms with E-state index in [1.54, 1.807) is 0 Å². The molecule has 0 radical (unpaired) electrons. The Morgan fingerprint density at radius 2 is 1.86 bits per heavy atom. The van der Waals surface area contributed by atoms with Gasteiger partial charge < -0.3 is 0 Å². The Bertz CT molecular complexity index is 207. The van der Waals surface area contributed by atoms with Crippen molar-refractivity contribution in [1.82, 2.24) is 4.90 Å². The summed E-state index contributed by atoms with van der Waals surface area (Å²) in [5, 5.41) is 0. The maximum absolute atomic E-state index is 2.62. The lowest BCUT2D eigenvalue weighted by Gasteiger charge is -2.43. The fraction of sp³-hybridized carbons (Fsp3) is 1.00. The standard InChI is InChI=1S/C13H27N/c1-8-13(6,10(2)3)14(7)11-9-12(11,4)5/h10-11H,8-9H2,1-7H3. The number of hydrogen-bond acceptors (Lipinski definition) is 1. The summed E-state index contributed by atoms with van der Waals surface area (Å²) in [7, 11) is 2.31. The van der Waals surface area contributed by atoms with Crippen LogP contribution in [0.4, 0.5) is 0 Å². The van der Waals surface area contributed by atoms with Gasteiger partial charge in [0.25, 0.3) is 0 Å². The molecular formula is C13H27N. The van der Waals surface area contributed by atoms with Gasteiger partial charge in [-0.2, -0.15) is 0 Å². The highest BCUT2D eigenvalue weighted by molar-refractivity contribution is 5.06. The van der Waals surface area contributed by atoms with Gasteiger partial charge in [-0.1, -0.05) is 34.6 Å². The maximum Gasteiger partial charge on any atom is 0.0201 e. The molecule has 0 bridgehead atoms. The third-order valence-electron chi connectivity index (χ3n) is 4.69. The van der Waals surface area contributed by atoms with Crippen molar-refractivity contribution in [2.75, 3.05) is 7.05 Å². The zero-order valence-corrected chi connectivity index (χ0v) is 11.0. The van der Waals surface area contributed by atoms with E-state index in [-0.39, 0.29) is 0 Å². The van der Waals surface area contributed by atoms with Gasteiger partial charge in [0.15, 0.2) is 0 Å². The lowest BCUT2D eigenvalue weighted by molar-refractivity contribution is 0.0642. The average molecular weight is 197 g/mol. The molecule has 0 aromatic carbocycles. The van der Waals surface area contributed by atoms with E-state index in [1.807, 2.05) is 0 Å². The van der Waals surface area contributed by atoms with Crippen LogP contribution in [0.3, 0.4) is 0 Å². The van der Waals surface area contributed by atoms with Gasteiger partial charge in [-0.25, -0.2) is 0 Å². The smallest absolute Gasteiger partial charge is 0.0201 e. The Kier molecular flexibility index (Phi) is 3.02. The third-order valence-corrected chi connectivity index (χ3v) is 4.69. The van der Waals surface area contributed by atoms with E-state index in [1.165, 1.54) is 12.8 Å². The van der Waals surface area contributed by atoms with Crippen molar-refractivity contribution in [2.45, 2.75) is 66.0 Å². The number of hydrogen-bond donors (Lipinski definition) is 0. The molecule has 0 aromatic heterocycles. The van der Waals surface area contributed by atoms with Crippen LogP contribution < -0.4 is 0 Å². The predicted molar refractivity (Wildman–Crippen MR) is 63.5 cm³/mol. The van der Waals surface area contributed by atoms with Crippen LogP contribution in [0, 0.1) is 11.3 Å². The normalized spacial score (nSPS) is 29.4. The summed E-state index contributed by atoms with van der Waals surface area (Å²) in [6, 6.07) is 0.801. The summed E-state index contributed by atoms with van der Waals surface area (Å²) in [6.45, 7) is 14.2. The van der Waals surface area contributed by atoms with Crippen LogP contribution in [0.15, 0.2) is 0 Å². The molecule has 1 heteroatoms. The van der Waals surface area contributed by atoms with Crippen LogP contribution in [0.1, 0.15) is 54.4 Å². The summed E-state index contributed by atoms with van der Waals surface area (Å²) >= 11 is 0. The highest BCUT2D eigenvalue weighted by Crippen LogP contribution is 2.51. The van der Waals surface area contributed by atoms with E-state index >= 15 is 0 Å². The summed E-state index contributed by atoms with van der Waals surface area (Å²) in [5.74, 6) is 0.730. The molecule has 0 N–H and O–H groups in total. The first-order valence-electron chi connectivity index (χ1n) is 5.98. The summed E-state index contributed by atoms with van der Waals surface area (Å²) in [4.78, 5) is 2.62. The highest BCUT2D eigenvalue weighted by Gasteiger charge is 2.52. The Labute approximate surface area is 89.9 Å². The molecule has 0 heterocycles. The zero-order chi connectivity index (χ0) is 11.1. The van der Waals surface area contributed by atoms with Crippen molar-refractivity contribution < 1.29 is 0 Å². The number of nitrogens with zero attached hydrogens (tertiary/aromatic N) is 1. The quantitative estimate of drug-likeness (QED) is 0.666. The minimum Gasteiger partial charge on any atom is -0.297 e. The summed E-state index contributed by atoms with van der Waals surface area (Å²) in [5.41, 5.74) is 0.929. The van der Waals surface area contributed by atoms with Gasteiger partial charge >= 0.3 is 0 Å². The molecule has 0 aromatic rings. The van der Waals surface area contributed by atoms with E-state index in [9.17, 15) is 0 Å². The zero-order valence-electron chi connectivity index (χ0n) is 11.0. The SMILES string of the molecule is CCC(C)(C(C)C)N(C)C1CC1(C)C. The van der Waals surface area contributed by atoms with E-state index in [0.29, 0.717) is 11.0 Å². The van der Waals surface area contributed by atoms with Crippen molar-refractivity contribution in [3.05, 3.63) is 0 Å². The molecule has 0 saturated heterocycles. The summed E-state index contributed by atoms with van der Waals surface area (Å²) in [6.07, 6.45) is 2.61. The minimum atomic E-state index is 0.373. The molecule has 1 fully saturated rings. The lowest BCUT2D eigenvalue weighted by atomic mass is 9.84. The molecule has 1 aliphatic carbocycles. The van der Waals surface area contributed by atoms with Crippen LogP contribution in [-0.2, 0) is 0 Å². The van der Waals surface area contributed by atoms with E-state index in [2.05, 4.69) is 53.5 Å². The second kappa shape index (κ2) is 3.52. The monoisotopic (exact) mass is 197 g/mol. The Hall–Kier alpha value is -0.0400. The molecule has 1 aliphatic rings. The molecule has 2 atom stereocenters. The first-order chi connectivity index (χ1) is 6.25. The number of rotatable bonds is 4. The minimum absolute atomic E-state index is 0.373. The molecule has 14 heavy (non-hydrogen) atoms. The van der Waals surface area contributed by atoms with Crippen LogP contribution in [0.5, 0.6) is 0 Å². The largest absolute Gasteiger partial charge is 0.297 e. The summed E-state index contributed by atoms with van der Waals surface area (Å²) < 4.78 is 0. The Balaban J connectivity index is 2.72. The van der Waals surface area contributed by atoms with Gasteiger partial charge in [-0.3, -0.25) is 4.90 Å². The molecule has 0 spiro atoms. The van der Waals surface area contributed by atoms with Gasteiger partial charge in [-0.15, -0.1) is 0 Å². The fourth-order valence-corrected chi connectivity index (χ4v) is 2.52. The molecule has 1 saturated carbocycles. The molecule has 0 aliphatic heterocycles. The highest BCUT2D eigenvalue weighted by atomic mass is 15.2. The molecule has 1 rings (SSSR count). The van der Waals surface area contributed by atoms with Gasteiger partial charge in [-0.05, 0) is 38.1 Å². The van der Waals surface area contributed by atoms with E-state index < -0.39 is 0 Å². The van der Waals surface area contributed by atoms with Crippen LogP contribution in [-0.4, -0.2) is 23.5 Å². The van der Waals surface area contributed by atoms with E-state index in [0.717, 1.165) is 12.0 Å². The fourth-order valence-electron chi connectivity index (χ4n) is 2.52. The first-order valence-corrected chi connectivity index (χ1v) is 5.98. The average Bonchev–Trinajstić information content (AvgIpc) is 2.72. The molecule has 0 amide bonds. The molecular weight excluding hydrogens is 170 g/mol. The van der Waals surface area contributed by atoms with Gasteiger partial charge in [0.2, 0.25) is 0 Å². The van der Waals surface area contributed by atoms with Crippen molar-refractivity contribution in [1.29, 1.82) is 0 Å². The molecule has 1 nitrogen and oxygen atoms in total. The molecule has 84 valence electrons. The Morgan fingerprint density at radius 3 is 2.07 bits per heavy atom. The van der Waals surface area contributed by atoms with Crippen LogP contribution in [0.25, 0.3) is 0 Å². The van der Waals surface area contributed by atoms with E-state index in [4.69, 9.17) is 0 Å². The third kappa shape index (κ3) is 1.84. The lowest BCUT2D eigenvalue weighted by Crippen LogP contribution is -2.49. The van der Waals surface area contributed by atoms with Gasteiger partial charge in [0, 0.05) is 11.6 Å². The van der Waals surface area contributed by atoms with Crippen LogP contribution >= 0.6 is 0 Å². The second-order valence-electron chi connectivity index (χ2n) is 6.18. The van der Waals surface area contributed by atoms with Crippen molar-refractivity contribution in [2.24, 2.45) is 11.3 Å². The first kappa shape index (κ1) is 12.0. The van der Waals surface area contributed by atoms with Gasteiger partial charge in [0.05, 0.1) is 0 Å². The van der Waals surface area contributed by atoms with Crippen molar-refractivity contribution in [3.8, 4) is 0 Å². The van der Waals surface area contributed by atoms with Crippen molar-refractivity contribution in [3.63, 3.8) is 0 Å². The maximum atomic E-state index is 2.62. The van der Waals surface area contributed by atoms with Crippen molar-refractivity contribution >= 4 is 0 Å². The van der Waals surface area contributed by atoms with Crippen LogP contribution in [0.2, 0.25) is 0 Å². The Morgan fingerprint density at radius 1 is 1.43 bits per heavy atom. The predicted octanol–water partition coefficient (Wildman–Crippen LogP) is 3.54.